The maximum Gasteiger partial charge on any atom is 0.160 e. The minimum atomic E-state index is -0.130. The molecule has 1 aromatic rings. The first kappa shape index (κ1) is 16.3. The number of aryl methyl sites for hydroxylation is 2. The molecule has 5 nitrogen and oxygen atoms in total. The van der Waals surface area contributed by atoms with Crippen LogP contribution in [0.4, 0.5) is 0 Å². The molecule has 5 heteroatoms. The van der Waals surface area contributed by atoms with Crippen LogP contribution in [0.2, 0.25) is 0 Å². The lowest BCUT2D eigenvalue weighted by molar-refractivity contribution is -0.0936. The maximum absolute atomic E-state index is 5.69. The van der Waals surface area contributed by atoms with Crippen LogP contribution in [0.5, 0.6) is 0 Å². The largest absolute Gasteiger partial charge is 0.376 e. The van der Waals surface area contributed by atoms with Crippen molar-refractivity contribution in [2.75, 3.05) is 26.4 Å². The second-order valence-electron chi connectivity index (χ2n) is 6.06. The van der Waals surface area contributed by atoms with E-state index in [1.807, 2.05) is 0 Å². The van der Waals surface area contributed by atoms with Crippen LogP contribution in [0.15, 0.2) is 0 Å². The van der Waals surface area contributed by atoms with Crippen molar-refractivity contribution in [1.82, 2.24) is 15.3 Å². The van der Waals surface area contributed by atoms with Crippen molar-refractivity contribution in [1.29, 1.82) is 0 Å². The third kappa shape index (κ3) is 4.22. The van der Waals surface area contributed by atoms with Crippen molar-refractivity contribution >= 4 is 0 Å². The molecule has 2 rings (SSSR count). The second-order valence-corrected chi connectivity index (χ2v) is 6.06. The summed E-state index contributed by atoms with van der Waals surface area (Å²) < 4.78 is 11.1. The van der Waals surface area contributed by atoms with Crippen molar-refractivity contribution in [2.45, 2.75) is 52.7 Å². The van der Waals surface area contributed by atoms with E-state index >= 15 is 0 Å². The molecule has 1 aromatic heterocycles. The molecule has 0 amide bonds. The molecule has 1 aliphatic heterocycles. The van der Waals surface area contributed by atoms with Gasteiger partial charge in [0.15, 0.2) is 5.82 Å². The second kappa shape index (κ2) is 7.29. The molecule has 0 aromatic carbocycles. The summed E-state index contributed by atoms with van der Waals surface area (Å²) in [6.45, 7) is 13.4. The van der Waals surface area contributed by atoms with E-state index < -0.39 is 0 Å². The molecule has 0 spiro atoms. The Kier molecular flexibility index (Phi) is 5.67. The minimum Gasteiger partial charge on any atom is -0.376 e. The fourth-order valence-electron chi connectivity index (χ4n) is 2.76. The van der Waals surface area contributed by atoms with E-state index in [2.05, 4.69) is 49.9 Å². The first-order valence-electron chi connectivity index (χ1n) is 7.76. The molecule has 2 atom stereocenters. The summed E-state index contributed by atoms with van der Waals surface area (Å²) in [6.07, 6.45) is -0.130. The van der Waals surface area contributed by atoms with E-state index in [1.54, 1.807) is 0 Å². The average Bonchev–Trinajstić information content (AvgIpc) is 2.45. The highest BCUT2D eigenvalue weighted by Crippen LogP contribution is 2.24. The van der Waals surface area contributed by atoms with Crippen molar-refractivity contribution < 1.29 is 9.47 Å². The van der Waals surface area contributed by atoms with Gasteiger partial charge in [0, 0.05) is 24.0 Å². The average molecular weight is 293 g/mol. The van der Waals surface area contributed by atoms with E-state index in [0.29, 0.717) is 31.8 Å². The molecule has 0 aliphatic carbocycles. The van der Waals surface area contributed by atoms with Gasteiger partial charge >= 0.3 is 0 Å². The molecule has 1 fully saturated rings. The predicted molar refractivity (Wildman–Crippen MR) is 82.6 cm³/mol. The van der Waals surface area contributed by atoms with E-state index in [1.165, 1.54) is 5.56 Å². The number of nitrogens with one attached hydrogen (secondary N) is 1. The summed E-state index contributed by atoms with van der Waals surface area (Å²) in [6, 6.07) is 0.487. The SMILES string of the molecule is Cc1nc(C2COCCO2)nc(C)c1C(C)CNC(C)C. The van der Waals surface area contributed by atoms with Crippen LogP contribution in [0.25, 0.3) is 0 Å². The smallest absolute Gasteiger partial charge is 0.160 e. The van der Waals surface area contributed by atoms with Crippen LogP contribution in [-0.2, 0) is 9.47 Å². The van der Waals surface area contributed by atoms with Gasteiger partial charge in [-0.05, 0) is 25.3 Å². The first-order valence-corrected chi connectivity index (χ1v) is 7.76. The highest BCUT2D eigenvalue weighted by Gasteiger charge is 2.22. The Morgan fingerprint density at radius 3 is 2.33 bits per heavy atom. The molecule has 0 radical (unpaired) electrons. The summed E-state index contributed by atoms with van der Waals surface area (Å²) in [5.74, 6) is 1.14. The van der Waals surface area contributed by atoms with Crippen LogP contribution in [0, 0.1) is 13.8 Å². The van der Waals surface area contributed by atoms with Crippen molar-refractivity contribution in [2.24, 2.45) is 0 Å². The molecule has 0 bridgehead atoms. The highest BCUT2D eigenvalue weighted by molar-refractivity contribution is 5.28. The zero-order valence-corrected chi connectivity index (χ0v) is 13.8. The van der Waals surface area contributed by atoms with Gasteiger partial charge in [-0.1, -0.05) is 20.8 Å². The Morgan fingerprint density at radius 2 is 1.81 bits per heavy atom. The topological polar surface area (TPSA) is 56.3 Å². The van der Waals surface area contributed by atoms with Crippen molar-refractivity contribution in [3.8, 4) is 0 Å². The molecule has 1 aliphatic rings. The summed E-state index contributed by atoms with van der Waals surface area (Å²) in [4.78, 5) is 9.32. The molecule has 1 saturated heterocycles. The normalized spacial score (nSPS) is 20.8. The van der Waals surface area contributed by atoms with E-state index in [9.17, 15) is 0 Å². The number of rotatable bonds is 5. The Balaban J connectivity index is 2.16. The zero-order chi connectivity index (χ0) is 15.4. The number of hydrogen-bond donors (Lipinski definition) is 1. The predicted octanol–water partition coefficient (Wildman–Crippen LogP) is 2.28. The lowest BCUT2D eigenvalue weighted by Crippen LogP contribution is -2.28. The molecule has 21 heavy (non-hydrogen) atoms. The number of ether oxygens (including phenoxy) is 2. The molecule has 1 N–H and O–H groups in total. The third-order valence-corrected chi connectivity index (χ3v) is 3.77. The Bertz CT molecular complexity index is 448. The number of aromatic nitrogens is 2. The number of hydrogen-bond acceptors (Lipinski definition) is 5. The van der Waals surface area contributed by atoms with Crippen molar-refractivity contribution in [3.05, 3.63) is 22.8 Å². The summed E-state index contributed by atoms with van der Waals surface area (Å²) >= 11 is 0. The lowest BCUT2D eigenvalue weighted by atomic mass is 9.97. The van der Waals surface area contributed by atoms with Gasteiger partial charge in [-0.15, -0.1) is 0 Å². The molecular weight excluding hydrogens is 266 g/mol. The molecular formula is C16H27N3O2. The van der Waals surface area contributed by atoms with Gasteiger partial charge in [0.2, 0.25) is 0 Å². The van der Waals surface area contributed by atoms with Gasteiger partial charge in [-0.3, -0.25) is 0 Å². The Labute approximate surface area is 127 Å². The first-order chi connectivity index (χ1) is 9.99. The van der Waals surface area contributed by atoms with Crippen LogP contribution < -0.4 is 5.32 Å². The van der Waals surface area contributed by atoms with E-state index in [0.717, 1.165) is 23.8 Å². The molecule has 118 valence electrons. The number of nitrogens with zero attached hydrogens (tertiary/aromatic N) is 2. The molecule has 0 saturated carbocycles. The monoisotopic (exact) mass is 293 g/mol. The van der Waals surface area contributed by atoms with E-state index in [4.69, 9.17) is 9.47 Å². The molecule has 2 unspecified atom stereocenters. The van der Waals surface area contributed by atoms with Gasteiger partial charge in [-0.25, -0.2) is 9.97 Å². The summed E-state index contributed by atoms with van der Waals surface area (Å²) in [5, 5.41) is 3.48. The summed E-state index contributed by atoms with van der Waals surface area (Å²) in [5.41, 5.74) is 3.33. The van der Waals surface area contributed by atoms with Gasteiger partial charge in [-0.2, -0.15) is 0 Å². The van der Waals surface area contributed by atoms with Crippen LogP contribution in [0.1, 0.15) is 55.6 Å². The third-order valence-electron chi connectivity index (χ3n) is 3.77. The van der Waals surface area contributed by atoms with Crippen LogP contribution in [0.3, 0.4) is 0 Å². The highest BCUT2D eigenvalue weighted by atomic mass is 16.6. The standard InChI is InChI=1S/C16H27N3O2/c1-10(2)17-8-11(3)15-12(4)18-16(19-13(15)5)14-9-20-6-7-21-14/h10-11,14,17H,6-9H2,1-5H3. The van der Waals surface area contributed by atoms with E-state index in [-0.39, 0.29) is 6.10 Å². The zero-order valence-electron chi connectivity index (χ0n) is 13.8. The van der Waals surface area contributed by atoms with Gasteiger partial charge in [0.05, 0.1) is 19.8 Å². The Morgan fingerprint density at radius 1 is 1.14 bits per heavy atom. The maximum atomic E-state index is 5.69. The van der Waals surface area contributed by atoms with Crippen LogP contribution >= 0.6 is 0 Å². The van der Waals surface area contributed by atoms with Crippen LogP contribution in [-0.4, -0.2) is 42.4 Å². The Hall–Kier alpha value is -1.04. The van der Waals surface area contributed by atoms with Crippen molar-refractivity contribution in [3.63, 3.8) is 0 Å². The van der Waals surface area contributed by atoms with Gasteiger partial charge in [0.1, 0.15) is 6.10 Å². The minimum absolute atomic E-state index is 0.130. The fourth-order valence-corrected chi connectivity index (χ4v) is 2.76. The fraction of sp³-hybridized carbons (Fsp3) is 0.750. The lowest BCUT2D eigenvalue weighted by Gasteiger charge is -2.24. The summed E-state index contributed by atoms with van der Waals surface area (Å²) in [7, 11) is 0. The quantitative estimate of drug-likeness (QED) is 0.902. The van der Waals surface area contributed by atoms with Gasteiger partial charge in [0.25, 0.3) is 0 Å². The van der Waals surface area contributed by atoms with Gasteiger partial charge < -0.3 is 14.8 Å². The molecule has 2 heterocycles.